The second-order valence-electron chi connectivity index (χ2n) is 9.88. The molecule has 34 heavy (non-hydrogen) atoms. The Labute approximate surface area is 202 Å². The Balaban J connectivity index is 1.43. The van der Waals surface area contributed by atoms with E-state index in [-0.39, 0.29) is 23.7 Å². The van der Waals surface area contributed by atoms with E-state index in [0.29, 0.717) is 23.7 Å². The van der Waals surface area contributed by atoms with E-state index in [9.17, 15) is 9.59 Å². The number of rotatable bonds is 8. The van der Waals surface area contributed by atoms with Crippen molar-refractivity contribution in [3.8, 4) is 5.75 Å². The highest BCUT2D eigenvalue weighted by atomic mass is 16.5. The van der Waals surface area contributed by atoms with Gasteiger partial charge in [-0.05, 0) is 76.0 Å². The lowest BCUT2D eigenvalue weighted by Crippen LogP contribution is -2.40. The first-order valence-corrected chi connectivity index (χ1v) is 12.2. The van der Waals surface area contributed by atoms with Crippen LogP contribution in [0.4, 0.5) is 0 Å². The van der Waals surface area contributed by atoms with Crippen molar-refractivity contribution in [2.45, 2.75) is 58.0 Å². The number of carbonyl (C=O) groups excluding carboxylic acids is 2. The van der Waals surface area contributed by atoms with Crippen LogP contribution in [-0.2, 0) is 6.42 Å². The number of hydrogen-bond donors (Lipinski definition) is 1. The summed E-state index contributed by atoms with van der Waals surface area (Å²) in [7, 11) is 1.64. The van der Waals surface area contributed by atoms with Crippen LogP contribution < -0.4 is 10.1 Å². The Hall–Kier alpha value is -2.99. The number of likely N-dealkylation sites (tertiary alicyclic amines) is 1. The van der Waals surface area contributed by atoms with Crippen molar-refractivity contribution < 1.29 is 14.3 Å². The van der Waals surface area contributed by atoms with Crippen LogP contribution in [0.3, 0.4) is 0 Å². The zero-order valence-electron chi connectivity index (χ0n) is 20.7. The molecule has 1 atom stereocenters. The number of nitrogens with one attached hydrogen (secondary N) is 1. The number of Topliss-reactive ketones (excluding diaryl/α,β-unsaturated/α-hetero) is 1. The normalized spacial score (nSPS) is 19.3. The molecule has 1 fully saturated rings. The van der Waals surface area contributed by atoms with Gasteiger partial charge in [-0.2, -0.15) is 0 Å². The lowest BCUT2D eigenvalue weighted by atomic mass is 9.85. The zero-order valence-corrected chi connectivity index (χ0v) is 20.7. The molecule has 0 saturated carbocycles. The number of aliphatic imine (C=N–C) groups is 1. The summed E-state index contributed by atoms with van der Waals surface area (Å²) in [6.45, 7) is 9.11. The maximum absolute atomic E-state index is 13.1. The van der Waals surface area contributed by atoms with E-state index in [1.165, 1.54) is 12.0 Å². The molecule has 0 aliphatic carbocycles. The average Bonchev–Trinajstić information content (AvgIpc) is 3.29. The highest BCUT2D eigenvalue weighted by Gasteiger charge is 2.28. The second kappa shape index (κ2) is 10.1. The van der Waals surface area contributed by atoms with Crippen LogP contribution in [0, 0.1) is 0 Å². The molecule has 2 aliphatic rings. The first-order valence-electron chi connectivity index (χ1n) is 12.2. The number of carbonyl (C=O) groups is 2. The van der Waals surface area contributed by atoms with Gasteiger partial charge in [0.2, 0.25) is 0 Å². The van der Waals surface area contributed by atoms with E-state index in [4.69, 9.17) is 9.73 Å². The van der Waals surface area contributed by atoms with Gasteiger partial charge in [-0.15, -0.1) is 0 Å². The fourth-order valence-corrected chi connectivity index (χ4v) is 5.09. The zero-order chi connectivity index (χ0) is 24.3. The third kappa shape index (κ3) is 5.39. The van der Waals surface area contributed by atoms with Gasteiger partial charge in [-0.3, -0.25) is 19.5 Å². The van der Waals surface area contributed by atoms with E-state index >= 15 is 0 Å². The Morgan fingerprint density at radius 2 is 1.88 bits per heavy atom. The molecule has 6 heteroatoms. The molecule has 0 spiro atoms. The predicted octanol–water partition coefficient (Wildman–Crippen LogP) is 4.31. The van der Waals surface area contributed by atoms with E-state index < -0.39 is 0 Å². The minimum atomic E-state index is -0.258. The van der Waals surface area contributed by atoms with Gasteiger partial charge in [0.25, 0.3) is 5.91 Å². The quantitative estimate of drug-likeness (QED) is 0.595. The number of ether oxygens (including phenoxy) is 1. The van der Waals surface area contributed by atoms with Crippen LogP contribution in [0.1, 0.15) is 71.9 Å². The van der Waals surface area contributed by atoms with E-state index in [0.717, 1.165) is 43.0 Å². The van der Waals surface area contributed by atoms with E-state index in [1.54, 1.807) is 31.4 Å². The minimum absolute atomic E-state index is 0.0123. The van der Waals surface area contributed by atoms with Gasteiger partial charge in [0.1, 0.15) is 5.75 Å². The van der Waals surface area contributed by atoms with Crippen LogP contribution in [0.15, 0.2) is 47.5 Å². The van der Waals surface area contributed by atoms with Gasteiger partial charge < -0.3 is 10.1 Å². The van der Waals surface area contributed by atoms with Crippen LogP contribution >= 0.6 is 0 Å². The summed E-state index contributed by atoms with van der Waals surface area (Å²) < 4.78 is 5.39. The number of methoxy groups -OCH3 is 1. The molecule has 2 aromatic carbocycles. The molecule has 4 rings (SSSR count). The Morgan fingerprint density at radius 3 is 2.59 bits per heavy atom. The lowest BCUT2D eigenvalue weighted by molar-refractivity contribution is 0.0939. The highest BCUT2D eigenvalue weighted by Crippen LogP contribution is 2.31. The van der Waals surface area contributed by atoms with Crippen molar-refractivity contribution in [3.05, 3.63) is 64.7 Å². The highest BCUT2D eigenvalue weighted by molar-refractivity contribution is 6.17. The van der Waals surface area contributed by atoms with Gasteiger partial charge in [0.05, 0.1) is 24.8 Å². The van der Waals surface area contributed by atoms with Crippen molar-refractivity contribution in [1.29, 1.82) is 0 Å². The van der Waals surface area contributed by atoms with Crippen molar-refractivity contribution in [2.75, 3.05) is 26.7 Å². The van der Waals surface area contributed by atoms with Crippen LogP contribution in [0.2, 0.25) is 0 Å². The predicted molar refractivity (Wildman–Crippen MR) is 135 cm³/mol. The lowest BCUT2D eigenvalue weighted by Gasteiger charge is -2.29. The number of nitrogens with zero attached hydrogens (tertiary/aromatic N) is 2. The molecule has 2 aliphatic heterocycles. The molecular weight excluding hydrogens is 426 g/mol. The monoisotopic (exact) mass is 461 g/mol. The molecule has 0 bridgehead atoms. The van der Waals surface area contributed by atoms with E-state index in [1.807, 2.05) is 12.1 Å². The number of hydrogen-bond acceptors (Lipinski definition) is 5. The van der Waals surface area contributed by atoms with Crippen molar-refractivity contribution >= 4 is 17.4 Å². The Kier molecular flexibility index (Phi) is 7.17. The molecule has 1 N–H and O–H groups in total. The molecule has 0 aromatic heterocycles. The summed E-state index contributed by atoms with van der Waals surface area (Å²) in [4.78, 5) is 33.0. The first-order chi connectivity index (χ1) is 16.3. The summed E-state index contributed by atoms with van der Waals surface area (Å²) in [6, 6.07) is 13.4. The third-order valence-electron chi connectivity index (χ3n) is 6.89. The van der Waals surface area contributed by atoms with E-state index in [2.05, 4.69) is 37.1 Å². The number of likely N-dealkylation sites (N-methyl/N-ethyl adjacent to an activating group) is 1. The summed E-state index contributed by atoms with van der Waals surface area (Å²) in [5, 5.41) is 3.05. The standard InChI is InChI=1S/C28H35N3O3/c1-5-31-14-6-7-22(31)18-29-27(33)20-10-8-19(9-11-20)26(32)16-25-24-15-23(34-4)13-12-21(24)17-28(2,3)30-25/h8-13,15,22H,5-7,14,16-18H2,1-4H3,(H,29,33). The topological polar surface area (TPSA) is 71.0 Å². The largest absolute Gasteiger partial charge is 0.497 e. The first kappa shape index (κ1) is 24.1. The molecule has 1 saturated heterocycles. The number of amides is 1. The van der Waals surface area contributed by atoms with Crippen molar-refractivity contribution in [2.24, 2.45) is 4.99 Å². The SMILES string of the molecule is CCN1CCCC1CNC(=O)c1ccc(C(=O)CC2=NC(C)(C)Cc3ccc(OC)cc32)cc1. The van der Waals surface area contributed by atoms with Crippen LogP contribution in [-0.4, -0.2) is 60.6 Å². The summed E-state index contributed by atoms with van der Waals surface area (Å²) in [6.07, 6.45) is 3.34. The Bertz CT molecular complexity index is 1090. The van der Waals surface area contributed by atoms with Crippen LogP contribution in [0.25, 0.3) is 0 Å². The minimum Gasteiger partial charge on any atom is -0.497 e. The third-order valence-corrected chi connectivity index (χ3v) is 6.89. The summed E-state index contributed by atoms with van der Waals surface area (Å²) in [5.74, 6) is 0.650. The van der Waals surface area contributed by atoms with Gasteiger partial charge in [-0.25, -0.2) is 0 Å². The number of ketones is 1. The molecular formula is C28H35N3O3. The molecule has 1 amide bonds. The molecule has 0 radical (unpaired) electrons. The van der Waals surface area contributed by atoms with Gasteiger partial charge >= 0.3 is 0 Å². The molecule has 1 unspecified atom stereocenters. The molecule has 2 aromatic rings. The number of fused-ring (bicyclic) bond motifs is 1. The average molecular weight is 462 g/mol. The maximum atomic E-state index is 13.1. The summed E-state index contributed by atoms with van der Waals surface area (Å²) in [5.41, 5.74) is 3.85. The number of benzene rings is 2. The fraction of sp³-hybridized carbons (Fsp3) is 0.464. The second-order valence-corrected chi connectivity index (χ2v) is 9.88. The smallest absolute Gasteiger partial charge is 0.251 e. The van der Waals surface area contributed by atoms with Crippen molar-refractivity contribution in [3.63, 3.8) is 0 Å². The van der Waals surface area contributed by atoms with Crippen LogP contribution in [0.5, 0.6) is 5.75 Å². The molecule has 180 valence electrons. The molecule has 2 heterocycles. The maximum Gasteiger partial charge on any atom is 0.251 e. The van der Waals surface area contributed by atoms with Gasteiger partial charge in [0, 0.05) is 29.3 Å². The molecule has 6 nitrogen and oxygen atoms in total. The van der Waals surface area contributed by atoms with Crippen molar-refractivity contribution in [1.82, 2.24) is 10.2 Å². The summed E-state index contributed by atoms with van der Waals surface area (Å²) >= 11 is 0. The fourth-order valence-electron chi connectivity index (χ4n) is 5.09. The van der Waals surface area contributed by atoms with Gasteiger partial charge in [0.15, 0.2) is 5.78 Å². The van der Waals surface area contributed by atoms with Gasteiger partial charge in [-0.1, -0.05) is 25.1 Å². The Morgan fingerprint density at radius 1 is 1.15 bits per heavy atom.